The van der Waals surface area contributed by atoms with E-state index in [4.69, 9.17) is 5.73 Å². The summed E-state index contributed by atoms with van der Waals surface area (Å²) in [6.45, 7) is -0.112. The number of amides is 2. The molecule has 1 aliphatic heterocycles. The van der Waals surface area contributed by atoms with Crippen molar-refractivity contribution in [1.29, 1.82) is 0 Å². The van der Waals surface area contributed by atoms with Gasteiger partial charge in [0.1, 0.15) is 0 Å². The molecule has 1 saturated heterocycles. The average Bonchev–Trinajstić information content (AvgIpc) is 2.60. The molecule has 3 N–H and O–H groups in total. The van der Waals surface area contributed by atoms with Gasteiger partial charge in [-0.05, 0) is 6.42 Å². The number of nitrogens with zero attached hydrogens (tertiary/aromatic N) is 1. The number of nitrogens with one attached hydrogen (secondary N) is 1. The van der Waals surface area contributed by atoms with Crippen LogP contribution < -0.4 is 11.1 Å². The molecule has 1 rings (SSSR count). The third-order valence-corrected chi connectivity index (χ3v) is 2.28. The summed E-state index contributed by atoms with van der Waals surface area (Å²) in [7, 11) is 0. The van der Waals surface area contributed by atoms with Crippen LogP contribution in [0.15, 0.2) is 0 Å². The van der Waals surface area contributed by atoms with E-state index in [1.165, 1.54) is 0 Å². The van der Waals surface area contributed by atoms with E-state index >= 15 is 0 Å². The van der Waals surface area contributed by atoms with Gasteiger partial charge in [-0.2, -0.15) is 13.2 Å². The molecule has 1 fully saturated rings. The van der Waals surface area contributed by atoms with E-state index in [9.17, 15) is 22.8 Å². The number of halogens is 3. The van der Waals surface area contributed by atoms with Crippen LogP contribution in [0.25, 0.3) is 0 Å². The number of primary amides is 1. The van der Waals surface area contributed by atoms with Crippen molar-refractivity contribution in [1.82, 2.24) is 10.2 Å². The molecular formula is C8H12F3N3O2. The summed E-state index contributed by atoms with van der Waals surface area (Å²) >= 11 is 0. The largest absolute Gasteiger partial charge is 0.471 e. The fourth-order valence-corrected chi connectivity index (χ4v) is 1.54. The van der Waals surface area contributed by atoms with Crippen LogP contribution >= 0.6 is 0 Å². The predicted molar refractivity (Wildman–Crippen MR) is 48.2 cm³/mol. The van der Waals surface area contributed by atoms with Crippen molar-refractivity contribution in [3.05, 3.63) is 0 Å². The molecule has 2 amide bonds. The van der Waals surface area contributed by atoms with Crippen molar-refractivity contribution in [2.24, 2.45) is 5.73 Å². The Morgan fingerprint density at radius 1 is 1.44 bits per heavy atom. The fourth-order valence-electron chi connectivity index (χ4n) is 1.54. The first kappa shape index (κ1) is 12.8. The number of hydrogen-bond donors (Lipinski definition) is 2. The lowest BCUT2D eigenvalue weighted by Gasteiger charge is -2.18. The van der Waals surface area contributed by atoms with E-state index in [1.807, 2.05) is 0 Å². The Balaban J connectivity index is 2.41. The molecule has 5 nitrogen and oxygen atoms in total. The zero-order valence-corrected chi connectivity index (χ0v) is 8.38. The molecule has 1 atom stereocenters. The first-order valence-electron chi connectivity index (χ1n) is 4.68. The maximum atomic E-state index is 12.1. The Morgan fingerprint density at radius 3 is 2.56 bits per heavy atom. The molecule has 0 saturated carbocycles. The van der Waals surface area contributed by atoms with Gasteiger partial charge >= 0.3 is 12.1 Å². The first-order valence-corrected chi connectivity index (χ1v) is 4.68. The molecule has 0 spiro atoms. The van der Waals surface area contributed by atoms with Gasteiger partial charge in [0, 0.05) is 19.1 Å². The molecule has 0 aromatic heterocycles. The molecule has 0 aromatic carbocycles. The van der Waals surface area contributed by atoms with Crippen LogP contribution in [0, 0.1) is 0 Å². The molecule has 0 aliphatic carbocycles. The van der Waals surface area contributed by atoms with Crippen LogP contribution in [0.2, 0.25) is 0 Å². The van der Waals surface area contributed by atoms with Crippen molar-refractivity contribution < 1.29 is 22.8 Å². The second-order valence-corrected chi connectivity index (χ2v) is 3.58. The topological polar surface area (TPSA) is 75.4 Å². The molecule has 0 aromatic rings. The highest BCUT2D eigenvalue weighted by Crippen LogP contribution is 2.21. The van der Waals surface area contributed by atoms with Crippen molar-refractivity contribution >= 4 is 11.8 Å². The molecule has 16 heavy (non-hydrogen) atoms. The lowest BCUT2D eigenvalue weighted by atomic mass is 10.2. The van der Waals surface area contributed by atoms with Crippen LogP contribution in [-0.2, 0) is 9.59 Å². The normalized spacial score (nSPS) is 21.2. The van der Waals surface area contributed by atoms with E-state index in [2.05, 4.69) is 5.32 Å². The average molecular weight is 239 g/mol. The van der Waals surface area contributed by atoms with Crippen LogP contribution in [0.5, 0.6) is 0 Å². The van der Waals surface area contributed by atoms with Crippen molar-refractivity contribution in [2.75, 3.05) is 19.6 Å². The highest BCUT2D eigenvalue weighted by Gasteiger charge is 2.44. The molecule has 0 radical (unpaired) electrons. The van der Waals surface area contributed by atoms with E-state index in [-0.39, 0.29) is 25.7 Å². The minimum atomic E-state index is -4.83. The Bertz CT molecular complexity index is 293. The van der Waals surface area contributed by atoms with Crippen molar-refractivity contribution in [3.63, 3.8) is 0 Å². The number of hydrogen-bond acceptors (Lipinski definition) is 3. The molecular weight excluding hydrogens is 227 g/mol. The SMILES string of the molecule is NC(=O)CNC1CCN(C(=O)C(F)(F)F)C1. The van der Waals surface area contributed by atoms with Crippen LogP contribution in [-0.4, -0.2) is 48.6 Å². The Labute approximate surface area is 89.8 Å². The van der Waals surface area contributed by atoms with E-state index < -0.39 is 18.0 Å². The second kappa shape index (κ2) is 4.69. The van der Waals surface area contributed by atoms with Crippen molar-refractivity contribution in [2.45, 2.75) is 18.6 Å². The molecule has 8 heteroatoms. The number of rotatable bonds is 3. The fraction of sp³-hybridized carbons (Fsp3) is 0.750. The van der Waals surface area contributed by atoms with Gasteiger partial charge in [-0.1, -0.05) is 0 Å². The third kappa shape index (κ3) is 3.37. The maximum Gasteiger partial charge on any atom is 0.471 e. The van der Waals surface area contributed by atoms with Crippen molar-refractivity contribution in [3.8, 4) is 0 Å². The number of alkyl halides is 3. The Hall–Kier alpha value is -1.31. The molecule has 1 heterocycles. The first-order chi connectivity index (χ1) is 7.30. The van der Waals surface area contributed by atoms with Gasteiger partial charge in [-0.3, -0.25) is 9.59 Å². The standard InChI is InChI=1S/C8H12F3N3O2/c9-8(10,11)7(16)14-2-1-5(4-14)13-3-6(12)15/h5,13H,1-4H2,(H2,12,15). The van der Waals surface area contributed by atoms with Crippen LogP contribution in [0.3, 0.4) is 0 Å². The van der Waals surface area contributed by atoms with Gasteiger partial charge in [0.2, 0.25) is 5.91 Å². The predicted octanol–water partition coefficient (Wildman–Crippen LogP) is -0.776. The molecule has 92 valence electrons. The third-order valence-electron chi connectivity index (χ3n) is 2.28. The highest BCUT2D eigenvalue weighted by atomic mass is 19.4. The van der Waals surface area contributed by atoms with Gasteiger partial charge in [0.05, 0.1) is 6.54 Å². The Morgan fingerprint density at radius 2 is 2.06 bits per heavy atom. The van der Waals surface area contributed by atoms with E-state index in [0.29, 0.717) is 6.42 Å². The van der Waals surface area contributed by atoms with Gasteiger partial charge in [0.15, 0.2) is 0 Å². The van der Waals surface area contributed by atoms with Crippen LogP contribution in [0.4, 0.5) is 13.2 Å². The van der Waals surface area contributed by atoms with Crippen LogP contribution in [0.1, 0.15) is 6.42 Å². The number of nitrogens with two attached hydrogens (primary N) is 1. The monoisotopic (exact) mass is 239 g/mol. The zero-order valence-electron chi connectivity index (χ0n) is 8.38. The minimum Gasteiger partial charge on any atom is -0.369 e. The number of carbonyl (C=O) groups is 2. The zero-order chi connectivity index (χ0) is 12.3. The highest BCUT2D eigenvalue weighted by molar-refractivity contribution is 5.82. The van der Waals surface area contributed by atoms with Gasteiger partial charge in [-0.25, -0.2) is 0 Å². The smallest absolute Gasteiger partial charge is 0.369 e. The molecule has 1 aliphatic rings. The molecule has 1 unspecified atom stereocenters. The van der Waals surface area contributed by atoms with Gasteiger partial charge in [-0.15, -0.1) is 0 Å². The summed E-state index contributed by atoms with van der Waals surface area (Å²) in [6.07, 6.45) is -4.45. The summed E-state index contributed by atoms with van der Waals surface area (Å²) in [5, 5.41) is 2.68. The summed E-state index contributed by atoms with van der Waals surface area (Å²) in [5.41, 5.74) is 4.87. The number of likely N-dealkylation sites (tertiary alicyclic amines) is 1. The molecule has 0 bridgehead atoms. The van der Waals surface area contributed by atoms with E-state index in [0.717, 1.165) is 4.90 Å². The lowest BCUT2D eigenvalue weighted by Crippen LogP contribution is -2.43. The quantitative estimate of drug-likeness (QED) is 0.678. The lowest BCUT2D eigenvalue weighted by molar-refractivity contribution is -0.184. The Kier molecular flexibility index (Phi) is 3.74. The summed E-state index contributed by atoms with van der Waals surface area (Å²) in [4.78, 5) is 22.0. The maximum absolute atomic E-state index is 12.1. The van der Waals surface area contributed by atoms with Gasteiger partial charge < -0.3 is 16.0 Å². The van der Waals surface area contributed by atoms with Gasteiger partial charge in [0.25, 0.3) is 0 Å². The minimum absolute atomic E-state index is 0.0365. The second-order valence-electron chi connectivity index (χ2n) is 3.58. The summed E-state index contributed by atoms with van der Waals surface area (Å²) in [6, 6.07) is -0.307. The summed E-state index contributed by atoms with van der Waals surface area (Å²) < 4.78 is 36.2. The van der Waals surface area contributed by atoms with E-state index in [1.54, 1.807) is 0 Å². The summed E-state index contributed by atoms with van der Waals surface area (Å²) in [5.74, 6) is -2.42. The number of carbonyl (C=O) groups excluding carboxylic acids is 2.